The number of benzene rings is 1. The third-order valence-electron chi connectivity index (χ3n) is 3.42. The van der Waals surface area contributed by atoms with E-state index in [-0.39, 0.29) is 12.7 Å². The molecule has 1 fully saturated rings. The van der Waals surface area contributed by atoms with Gasteiger partial charge in [-0.05, 0) is 31.5 Å². The van der Waals surface area contributed by atoms with Crippen LogP contribution in [0.2, 0.25) is 0 Å². The van der Waals surface area contributed by atoms with Crippen molar-refractivity contribution in [3.05, 3.63) is 35.9 Å². The van der Waals surface area contributed by atoms with Crippen molar-refractivity contribution in [2.45, 2.75) is 25.0 Å². The summed E-state index contributed by atoms with van der Waals surface area (Å²) in [5.74, 6) is -1.50. The topological polar surface area (TPSA) is 87.7 Å². The molecule has 1 aliphatic rings. The summed E-state index contributed by atoms with van der Waals surface area (Å²) in [5.41, 5.74) is 0.542. The van der Waals surface area contributed by atoms with Gasteiger partial charge in [0, 0.05) is 0 Å². The van der Waals surface area contributed by atoms with Crippen molar-refractivity contribution in [2.75, 3.05) is 19.7 Å². The lowest BCUT2D eigenvalue weighted by atomic mass is 10.1. The third-order valence-corrected chi connectivity index (χ3v) is 3.42. The van der Waals surface area contributed by atoms with Crippen LogP contribution in [0.25, 0.3) is 0 Å². The molecule has 0 radical (unpaired) electrons. The number of rotatable bonds is 6. The van der Waals surface area contributed by atoms with Crippen LogP contribution in [0.1, 0.15) is 24.4 Å². The maximum Gasteiger partial charge on any atom is 0.330 e. The number of nitrogens with one attached hydrogen (secondary N) is 2. The molecule has 114 valence electrons. The largest absolute Gasteiger partial charge is 0.479 e. The van der Waals surface area contributed by atoms with E-state index in [4.69, 9.17) is 4.74 Å². The van der Waals surface area contributed by atoms with Crippen LogP contribution >= 0.6 is 0 Å². The van der Waals surface area contributed by atoms with Crippen LogP contribution in [0.5, 0.6) is 0 Å². The molecule has 1 atom stereocenters. The predicted molar refractivity (Wildman–Crippen MR) is 76.8 cm³/mol. The van der Waals surface area contributed by atoms with E-state index in [2.05, 4.69) is 10.6 Å². The molecule has 1 saturated heterocycles. The van der Waals surface area contributed by atoms with Crippen LogP contribution in [0.4, 0.5) is 0 Å². The third kappa shape index (κ3) is 4.84. The summed E-state index contributed by atoms with van der Waals surface area (Å²) in [6.07, 6.45) is 1.81. The van der Waals surface area contributed by atoms with Crippen LogP contribution in [0.15, 0.2) is 30.3 Å². The van der Waals surface area contributed by atoms with E-state index in [1.807, 2.05) is 0 Å². The number of aliphatic carboxylic acids is 1. The van der Waals surface area contributed by atoms with Gasteiger partial charge in [0.1, 0.15) is 6.61 Å². The van der Waals surface area contributed by atoms with Gasteiger partial charge in [-0.3, -0.25) is 4.79 Å². The molecule has 3 N–H and O–H groups in total. The zero-order valence-corrected chi connectivity index (χ0v) is 11.7. The smallest absolute Gasteiger partial charge is 0.330 e. The quantitative estimate of drug-likeness (QED) is 0.718. The molecule has 1 heterocycles. The zero-order chi connectivity index (χ0) is 15.1. The molecular formula is C15H20N2O4. The van der Waals surface area contributed by atoms with Gasteiger partial charge in [-0.25, -0.2) is 4.79 Å². The molecule has 1 unspecified atom stereocenters. The number of carboxylic acids is 1. The van der Waals surface area contributed by atoms with Gasteiger partial charge in [-0.2, -0.15) is 0 Å². The number of piperidine rings is 1. The highest BCUT2D eigenvalue weighted by molar-refractivity contribution is 5.85. The summed E-state index contributed by atoms with van der Waals surface area (Å²) in [6.45, 7) is 1.66. The minimum absolute atomic E-state index is 0.0667. The van der Waals surface area contributed by atoms with Crippen molar-refractivity contribution in [1.29, 1.82) is 0 Å². The molecule has 6 nitrogen and oxygen atoms in total. The zero-order valence-electron chi connectivity index (χ0n) is 11.7. The second-order valence-electron chi connectivity index (χ2n) is 5.01. The fraction of sp³-hybridized carbons (Fsp3) is 0.467. The first-order chi connectivity index (χ1) is 10.2. The second-order valence-corrected chi connectivity index (χ2v) is 5.01. The van der Waals surface area contributed by atoms with Crippen molar-refractivity contribution in [3.8, 4) is 0 Å². The molecule has 6 heteroatoms. The molecule has 2 rings (SSSR count). The summed E-state index contributed by atoms with van der Waals surface area (Å²) in [4.78, 5) is 23.1. The first kappa shape index (κ1) is 15.5. The van der Waals surface area contributed by atoms with Gasteiger partial charge in [0.2, 0.25) is 5.91 Å². The predicted octanol–water partition coefficient (Wildman–Crippen LogP) is 0.697. The molecule has 1 aliphatic heterocycles. The van der Waals surface area contributed by atoms with Crippen LogP contribution < -0.4 is 10.6 Å². The Hall–Kier alpha value is -1.92. The van der Waals surface area contributed by atoms with Gasteiger partial charge in [0.15, 0.2) is 6.04 Å². The van der Waals surface area contributed by atoms with Crippen molar-refractivity contribution in [2.24, 2.45) is 0 Å². The Bertz CT molecular complexity index is 472. The average Bonchev–Trinajstić information content (AvgIpc) is 2.52. The first-order valence-electron chi connectivity index (χ1n) is 7.06. The number of hydrogen-bond donors (Lipinski definition) is 3. The lowest BCUT2D eigenvalue weighted by molar-refractivity contribution is -0.143. The van der Waals surface area contributed by atoms with Gasteiger partial charge < -0.3 is 20.5 Å². The minimum Gasteiger partial charge on any atom is -0.479 e. The van der Waals surface area contributed by atoms with E-state index in [9.17, 15) is 14.7 Å². The summed E-state index contributed by atoms with van der Waals surface area (Å²) in [5, 5.41) is 14.9. The summed E-state index contributed by atoms with van der Waals surface area (Å²) < 4.78 is 5.52. The lowest BCUT2D eigenvalue weighted by Crippen LogP contribution is -2.38. The van der Waals surface area contributed by atoms with E-state index in [1.54, 1.807) is 30.3 Å². The molecule has 1 amide bonds. The monoisotopic (exact) mass is 292 g/mol. The summed E-state index contributed by atoms with van der Waals surface area (Å²) in [7, 11) is 0. The van der Waals surface area contributed by atoms with Crippen molar-refractivity contribution in [1.82, 2.24) is 10.6 Å². The molecule has 0 bridgehead atoms. The Balaban J connectivity index is 1.85. The average molecular weight is 292 g/mol. The molecule has 21 heavy (non-hydrogen) atoms. The standard InChI is InChI=1S/C15H20N2O4/c18-13(10-21-12-6-8-16-9-7-12)17-14(15(19)20)11-4-2-1-3-5-11/h1-5,12,14,16H,6-10H2,(H,17,18)(H,19,20). The Labute approximate surface area is 123 Å². The maximum atomic E-state index is 11.9. The molecule has 1 aromatic rings. The van der Waals surface area contributed by atoms with E-state index in [1.165, 1.54) is 0 Å². The Kier molecular flexibility index (Phi) is 5.71. The van der Waals surface area contributed by atoms with E-state index < -0.39 is 17.9 Å². The van der Waals surface area contributed by atoms with Crippen LogP contribution in [-0.4, -0.2) is 42.8 Å². The van der Waals surface area contributed by atoms with Gasteiger partial charge in [0.05, 0.1) is 6.10 Å². The van der Waals surface area contributed by atoms with E-state index in [0.717, 1.165) is 25.9 Å². The molecule has 0 aromatic heterocycles. The maximum absolute atomic E-state index is 11.9. The van der Waals surface area contributed by atoms with Gasteiger partial charge in [-0.15, -0.1) is 0 Å². The number of carbonyl (C=O) groups excluding carboxylic acids is 1. The normalized spacial score (nSPS) is 17.1. The van der Waals surface area contributed by atoms with Crippen molar-refractivity contribution < 1.29 is 19.4 Å². The van der Waals surface area contributed by atoms with Crippen molar-refractivity contribution in [3.63, 3.8) is 0 Å². The van der Waals surface area contributed by atoms with E-state index in [0.29, 0.717) is 5.56 Å². The summed E-state index contributed by atoms with van der Waals surface area (Å²) >= 11 is 0. The highest BCUT2D eigenvalue weighted by Gasteiger charge is 2.22. The van der Waals surface area contributed by atoms with Gasteiger partial charge >= 0.3 is 5.97 Å². The Morgan fingerprint density at radius 2 is 1.95 bits per heavy atom. The second kappa shape index (κ2) is 7.75. The fourth-order valence-corrected chi connectivity index (χ4v) is 2.29. The van der Waals surface area contributed by atoms with E-state index >= 15 is 0 Å². The minimum atomic E-state index is -1.09. The number of amides is 1. The van der Waals surface area contributed by atoms with Crippen LogP contribution in [0.3, 0.4) is 0 Å². The first-order valence-corrected chi connectivity index (χ1v) is 7.06. The van der Waals surface area contributed by atoms with Crippen molar-refractivity contribution >= 4 is 11.9 Å². The number of hydrogen-bond acceptors (Lipinski definition) is 4. The summed E-state index contributed by atoms with van der Waals surface area (Å²) in [6, 6.07) is 7.57. The number of carboxylic acid groups (broad SMARTS) is 1. The number of ether oxygens (including phenoxy) is 1. The highest BCUT2D eigenvalue weighted by Crippen LogP contribution is 2.13. The van der Waals surface area contributed by atoms with Crippen LogP contribution in [0, 0.1) is 0 Å². The van der Waals surface area contributed by atoms with Gasteiger partial charge in [-0.1, -0.05) is 30.3 Å². The Morgan fingerprint density at radius 1 is 1.29 bits per heavy atom. The lowest BCUT2D eigenvalue weighted by Gasteiger charge is -2.23. The van der Waals surface area contributed by atoms with Gasteiger partial charge in [0.25, 0.3) is 0 Å². The molecule has 1 aromatic carbocycles. The molecule has 0 aliphatic carbocycles. The molecule has 0 saturated carbocycles. The van der Waals surface area contributed by atoms with Crippen LogP contribution in [-0.2, 0) is 14.3 Å². The fourth-order valence-electron chi connectivity index (χ4n) is 2.29. The molecule has 0 spiro atoms. The Morgan fingerprint density at radius 3 is 2.57 bits per heavy atom. The number of carbonyl (C=O) groups is 2. The molecular weight excluding hydrogens is 272 g/mol. The SMILES string of the molecule is O=C(COC1CCNCC1)NC(C(=O)O)c1ccccc1. The highest BCUT2D eigenvalue weighted by atomic mass is 16.5.